The molecule has 2 aromatic rings. The normalized spacial score (nSPS) is 19.6. The SMILES string of the molecule is Cc1ccc(C(=O)CN(C(=O)c2ccc(Cl)c(Cl)c2)N2C(=O)[C@@H]3CC=CC[C@H]3C2=O)cc1C. The summed E-state index contributed by atoms with van der Waals surface area (Å²) in [6.07, 6.45) is 4.57. The van der Waals surface area contributed by atoms with Gasteiger partial charge in [-0.05, 0) is 62.1 Å². The summed E-state index contributed by atoms with van der Waals surface area (Å²) in [5.41, 5.74) is 2.46. The number of aryl methyl sites for hydroxylation is 2. The molecule has 1 saturated heterocycles. The van der Waals surface area contributed by atoms with Gasteiger partial charge >= 0.3 is 0 Å². The Bertz CT molecular complexity index is 1180. The standard InChI is InChI=1S/C25H22Cl2N2O4/c1-14-7-8-16(11-15(14)2)22(30)13-28(23(31)17-9-10-20(26)21(27)12-17)29-24(32)18-5-3-4-6-19(18)25(29)33/h3-4,7-12,18-19H,5-6,13H2,1-2H3/t18-,19-/m1/s1. The van der Waals surface area contributed by atoms with Crippen molar-refractivity contribution in [2.75, 3.05) is 6.54 Å². The molecule has 1 aliphatic heterocycles. The van der Waals surface area contributed by atoms with Gasteiger partial charge in [0.05, 0.1) is 21.9 Å². The van der Waals surface area contributed by atoms with Gasteiger partial charge in [0.2, 0.25) is 0 Å². The van der Waals surface area contributed by atoms with E-state index in [0.29, 0.717) is 18.4 Å². The zero-order valence-corrected chi connectivity index (χ0v) is 19.7. The van der Waals surface area contributed by atoms with E-state index in [1.807, 2.05) is 32.1 Å². The second kappa shape index (κ2) is 9.12. The van der Waals surface area contributed by atoms with Gasteiger partial charge in [-0.25, -0.2) is 5.01 Å². The number of hydrogen-bond acceptors (Lipinski definition) is 4. The highest BCUT2D eigenvalue weighted by atomic mass is 35.5. The van der Waals surface area contributed by atoms with Crippen LogP contribution in [-0.2, 0) is 9.59 Å². The van der Waals surface area contributed by atoms with Crippen molar-refractivity contribution in [2.24, 2.45) is 11.8 Å². The Morgan fingerprint density at radius 1 is 0.879 bits per heavy atom. The Hall–Kier alpha value is -2.96. The predicted octanol–water partition coefficient (Wildman–Crippen LogP) is 4.80. The number of imide groups is 1. The molecule has 8 heteroatoms. The molecule has 0 spiro atoms. The number of Topliss-reactive ketones (excluding diaryl/α,β-unsaturated/α-hetero) is 1. The number of halogens is 2. The van der Waals surface area contributed by atoms with Gasteiger partial charge in [-0.15, -0.1) is 0 Å². The van der Waals surface area contributed by atoms with Gasteiger partial charge in [-0.3, -0.25) is 19.2 Å². The topological polar surface area (TPSA) is 74.8 Å². The largest absolute Gasteiger partial charge is 0.292 e. The molecule has 4 rings (SSSR count). The first-order valence-electron chi connectivity index (χ1n) is 10.6. The van der Waals surface area contributed by atoms with Crippen molar-refractivity contribution in [1.82, 2.24) is 10.0 Å². The van der Waals surface area contributed by atoms with E-state index >= 15 is 0 Å². The Kier molecular flexibility index (Phi) is 6.41. The minimum Gasteiger partial charge on any atom is -0.292 e. The van der Waals surface area contributed by atoms with E-state index in [2.05, 4.69) is 0 Å². The number of amides is 3. The molecule has 2 aromatic carbocycles. The molecule has 2 aliphatic rings. The number of ketones is 1. The Balaban J connectivity index is 1.71. The number of benzene rings is 2. The van der Waals surface area contributed by atoms with E-state index in [4.69, 9.17) is 23.2 Å². The molecular weight excluding hydrogens is 463 g/mol. The number of hydrazine groups is 1. The maximum absolute atomic E-state index is 13.5. The van der Waals surface area contributed by atoms with Gasteiger partial charge in [0.1, 0.15) is 6.54 Å². The Morgan fingerprint density at radius 2 is 1.48 bits per heavy atom. The quantitative estimate of drug-likeness (QED) is 0.347. The molecule has 6 nitrogen and oxygen atoms in total. The summed E-state index contributed by atoms with van der Waals surface area (Å²) in [5.74, 6) is -3.10. The average Bonchev–Trinajstić information content (AvgIpc) is 3.05. The van der Waals surface area contributed by atoms with E-state index in [1.54, 1.807) is 12.1 Å². The van der Waals surface area contributed by atoms with Crippen LogP contribution in [0.5, 0.6) is 0 Å². The number of hydrogen-bond donors (Lipinski definition) is 0. The zero-order chi connectivity index (χ0) is 23.9. The number of allylic oxidation sites excluding steroid dienone is 2. The lowest BCUT2D eigenvalue weighted by Gasteiger charge is -2.30. The van der Waals surface area contributed by atoms with Crippen LogP contribution in [0.1, 0.15) is 44.7 Å². The number of fused-ring (bicyclic) bond motifs is 1. The minimum atomic E-state index is -0.681. The highest BCUT2D eigenvalue weighted by molar-refractivity contribution is 6.42. The van der Waals surface area contributed by atoms with E-state index in [1.165, 1.54) is 18.2 Å². The molecule has 3 amide bonds. The van der Waals surface area contributed by atoms with Gasteiger partial charge in [0.25, 0.3) is 17.7 Å². The van der Waals surface area contributed by atoms with Crippen molar-refractivity contribution in [1.29, 1.82) is 0 Å². The van der Waals surface area contributed by atoms with E-state index in [-0.39, 0.29) is 21.4 Å². The number of nitrogens with zero attached hydrogens (tertiary/aromatic N) is 2. The first kappa shape index (κ1) is 23.2. The van der Waals surface area contributed by atoms with Gasteiger partial charge in [0, 0.05) is 11.1 Å². The van der Waals surface area contributed by atoms with Crippen LogP contribution in [0, 0.1) is 25.7 Å². The van der Waals surface area contributed by atoms with Crippen LogP contribution in [0.2, 0.25) is 10.0 Å². The van der Waals surface area contributed by atoms with Crippen LogP contribution in [0.15, 0.2) is 48.6 Å². The summed E-state index contributed by atoms with van der Waals surface area (Å²) < 4.78 is 0. The van der Waals surface area contributed by atoms with Crippen molar-refractivity contribution < 1.29 is 19.2 Å². The predicted molar refractivity (Wildman–Crippen MR) is 125 cm³/mol. The van der Waals surface area contributed by atoms with Crippen LogP contribution in [-0.4, -0.2) is 40.1 Å². The third-order valence-electron chi connectivity index (χ3n) is 6.25. The maximum Gasteiger partial charge on any atom is 0.273 e. The van der Waals surface area contributed by atoms with Crippen molar-refractivity contribution in [3.63, 3.8) is 0 Å². The number of carbonyl (C=O) groups excluding carboxylic acids is 4. The average molecular weight is 485 g/mol. The minimum absolute atomic E-state index is 0.117. The zero-order valence-electron chi connectivity index (χ0n) is 18.2. The van der Waals surface area contributed by atoms with Crippen LogP contribution >= 0.6 is 23.2 Å². The lowest BCUT2D eigenvalue weighted by molar-refractivity contribution is -0.154. The van der Waals surface area contributed by atoms with Crippen molar-refractivity contribution >= 4 is 46.7 Å². The Labute approximate surface area is 201 Å². The lowest BCUT2D eigenvalue weighted by atomic mass is 9.85. The molecule has 1 aliphatic carbocycles. The van der Waals surface area contributed by atoms with E-state index < -0.39 is 36.1 Å². The molecule has 0 bridgehead atoms. The van der Waals surface area contributed by atoms with E-state index in [9.17, 15) is 19.2 Å². The summed E-state index contributed by atoms with van der Waals surface area (Å²) in [4.78, 5) is 53.0. The van der Waals surface area contributed by atoms with Gasteiger partial charge < -0.3 is 0 Å². The second-order valence-corrected chi connectivity index (χ2v) is 9.17. The summed E-state index contributed by atoms with van der Waals surface area (Å²) in [7, 11) is 0. The molecular formula is C25H22Cl2N2O4. The smallest absolute Gasteiger partial charge is 0.273 e. The van der Waals surface area contributed by atoms with Crippen molar-refractivity contribution in [3.8, 4) is 0 Å². The van der Waals surface area contributed by atoms with Crippen LogP contribution in [0.4, 0.5) is 0 Å². The fourth-order valence-corrected chi connectivity index (χ4v) is 4.47. The highest BCUT2D eigenvalue weighted by Crippen LogP contribution is 2.36. The molecule has 0 radical (unpaired) electrons. The summed E-state index contributed by atoms with van der Waals surface area (Å²) in [6, 6.07) is 9.49. The number of carbonyl (C=O) groups is 4. The molecule has 0 saturated carbocycles. The highest BCUT2D eigenvalue weighted by Gasteiger charge is 2.51. The molecule has 2 atom stereocenters. The van der Waals surface area contributed by atoms with Crippen molar-refractivity contribution in [2.45, 2.75) is 26.7 Å². The molecule has 0 N–H and O–H groups in total. The Morgan fingerprint density at radius 3 is 2.06 bits per heavy atom. The van der Waals surface area contributed by atoms with Gasteiger partial charge in [-0.2, -0.15) is 5.01 Å². The third kappa shape index (κ3) is 4.33. The van der Waals surface area contributed by atoms with Crippen LogP contribution in [0.25, 0.3) is 0 Å². The fourth-order valence-electron chi connectivity index (χ4n) is 4.17. The third-order valence-corrected chi connectivity index (χ3v) is 6.99. The molecule has 33 heavy (non-hydrogen) atoms. The molecule has 0 aromatic heterocycles. The summed E-state index contributed by atoms with van der Waals surface area (Å²) in [5, 5.41) is 2.21. The molecule has 0 unspecified atom stereocenters. The van der Waals surface area contributed by atoms with Crippen LogP contribution < -0.4 is 0 Å². The second-order valence-electron chi connectivity index (χ2n) is 8.36. The molecule has 1 heterocycles. The molecule has 1 fully saturated rings. The maximum atomic E-state index is 13.5. The van der Waals surface area contributed by atoms with Crippen LogP contribution in [0.3, 0.4) is 0 Å². The fraction of sp³-hybridized carbons (Fsp3) is 0.280. The van der Waals surface area contributed by atoms with Gasteiger partial charge in [0.15, 0.2) is 5.78 Å². The van der Waals surface area contributed by atoms with E-state index in [0.717, 1.165) is 21.1 Å². The number of rotatable bonds is 5. The summed E-state index contributed by atoms with van der Waals surface area (Å²) >= 11 is 12.1. The molecule has 170 valence electrons. The summed E-state index contributed by atoms with van der Waals surface area (Å²) in [6.45, 7) is 3.35. The first-order valence-corrected chi connectivity index (χ1v) is 11.3. The first-order chi connectivity index (χ1) is 15.7. The lowest BCUT2D eigenvalue weighted by Crippen LogP contribution is -2.52. The van der Waals surface area contributed by atoms with Crippen molar-refractivity contribution in [3.05, 3.63) is 80.8 Å². The van der Waals surface area contributed by atoms with Gasteiger partial charge in [-0.1, -0.05) is 47.5 Å². The monoisotopic (exact) mass is 484 g/mol.